The molecule has 0 saturated heterocycles. The van der Waals surface area contributed by atoms with Crippen molar-refractivity contribution in [3.05, 3.63) is 59.2 Å². The van der Waals surface area contributed by atoms with Crippen molar-refractivity contribution >= 4 is 24.8 Å². The summed E-state index contributed by atoms with van der Waals surface area (Å²) in [5.74, 6) is 0.538. The van der Waals surface area contributed by atoms with Gasteiger partial charge in [0.15, 0.2) is 11.5 Å². The van der Waals surface area contributed by atoms with Gasteiger partial charge in [0.1, 0.15) is 0 Å². The largest absolute Gasteiger partial charge is 0.504 e. The summed E-state index contributed by atoms with van der Waals surface area (Å²) in [6, 6.07) is 14.2. The lowest BCUT2D eigenvalue weighted by Crippen LogP contribution is -2.29. The molecule has 0 bridgehead atoms. The topological polar surface area (TPSA) is 64.5 Å². The molecule has 0 aliphatic heterocycles. The predicted octanol–water partition coefficient (Wildman–Crippen LogP) is 4.56. The van der Waals surface area contributed by atoms with Gasteiger partial charge >= 0.3 is 0 Å². The fourth-order valence-corrected chi connectivity index (χ4v) is 3.78. The fourth-order valence-electron chi connectivity index (χ4n) is 3.78. The highest BCUT2D eigenvalue weighted by atomic mass is 35.5. The van der Waals surface area contributed by atoms with E-state index in [0.29, 0.717) is 5.92 Å². The predicted molar refractivity (Wildman–Crippen MR) is 125 cm³/mol. The van der Waals surface area contributed by atoms with Gasteiger partial charge in [-0.15, -0.1) is 24.8 Å². The number of fused-ring (bicyclic) bond motifs is 1. The number of nitrogens with one attached hydrogen (secondary N) is 2. The van der Waals surface area contributed by atoms with Crippen molar-refractivity contribution in [1.82, 2.24) is 10.6 Å². The molecule has 4 nitrogen and oxygen atoms in total. The van der Waals surface area contributed by atoms with E-state index < -0.39 is 0 Å². The lowest BCUT2D eigenvalue weighted by atomic mass is 9.77. The van der Waals surface area contributed by atoms with Crippen LogP contribution in [0.15, 0.2) is 42.5 Å². The van der Waals surface area contributed by atoms with E-state index in [9.17, 15) is 10.2 Å². The zero-order valence-corrected chi connectivity index (χ0v) is 18.5. The number of rotatable bonds is 12. The van der Waals surface area contributed by atoms with Crippen LogP contribution in [0.4, 0.5) is 0 Å². The lowest BCUT2D eigenvalue weighted by Gasteiger charge is -2.31. The van der Waals surface area contributed by atoms with Crippen LogP contribution >= 0.6 is 24.8 Å². The van der Waals surface area contributed by atoms with Crippen molar-refractivity contribution in [2.24, 2.45) is 0 Å². The summed E-state index contributed by atoms with van der Waals surface area (Å²) in [6.45, 7) is 4.17. The lowest BCUT2D eigenvalue weighted by molar-refractivity contribution is 0.388. The highest BCUT2D eigenvalue weighted by Crippen LogP contribution is 2.44. The molecular weight excluding hydrogens is 407 g/mol. The smallest absolute Gasteiger partial charge is 0.160 e. The summed E-state index contributed by atoms with van der Waals surface area (Å²) in [6.07, 6.45) is 6.96. The highest BCUT2D eigenvalue weighted by Gasteiger charge is 2.29. The van der Waals surface area contributed by atoms with Crippen molar-refractivity contribution in [2.45, 2.75) is 44.4 Å². The molecule has 0 aromatic heterocycles. The number of phenolic OH excluding ortho intramolecular Hbond substituents is 2. The summed E-state index contributed by atoms with van der Waals surface area (Å²) in [5.41, 5.74) is 3.50. The molecular formula is C23H34Cl2N2O2. The van der Waals surface area contributed by atoms with Crippen LogP contribution in [0, 0.1) is 0 Å². The van der Waals surface area contributed by atoms with Gasteiger partial charge in [-0.05, 0) is 62.5 Å². The summed E-state index contributed by atoms with van der Waals surface area (Å²) in [5, 5.41) is 26.3. The molecule has 1 atom stereocenters. The molecule has 2 aromatic rings. The number of phenols is 2. The van der Waals surface area contributed by atoms with E-state index in [1.165, 1.54) is 36.8 Å². The molecule has 6 heteroatoms. The Morgan fingerprint density at radius 3 is 2.21 bits per heavy atom. The zero-order chi connectivity index (χ0) is 18.9. The molecule has 29 heavy (non-hydrogen) atoms. The van der Waals surface area contributed by atoms with Gasteiger partial charge in [-0.2, -0.15) is 0 Å². The molecule has 1 aliphatic carbocycles. The Balaban J connectivity index is 0.00000210. The fraction of sp³-hybridized carbons (Fsp3) is 0.478. The normalized spacial score (nSPS) is 14.3. The van der Waals surface area contributed by atoms with Crippen LogP contribution in [-0.2, 0) is 12.8 Å². The van der Waals surface area contributed by atoms with Crippen molar-refractivity contribution < 1.29 is 10.2 Å². The molecule has 0 heterocycles. The maximum absolute atomic E-state index is 9.78. The second kappa shape index (κ2) is 13.7. The molecule has 0 spiro atoms. The molecule has 0 radical (unpaired) electrons. The molecule has 3 rings (SSSR count). The first-order valence-electron chi connectivity index (χ1n) is 10.2. The van der Waals surface area contributed by atoms with E-state index in [1.807, 2.05) is 6.07 Å². The average molecular weight is 441 g/mol. The molecule has 1 aliphatic rings. The monoisotopic (exact) mass is 440 g/mol. The number of aromatic hydroxyl groups is 2. The number of unbranched alkanes of at least 4 members (excludes halogenated alkanes) is 3. The first kappa shape index (κ1) is 25.6. The minimum atomic E-state index is -0.00489. The van der Waals surface area contributed by atoms with Crippen molar-refractivity contribution in [3.8, 4) is 11.5 Å². The van der Waals surface area contributed by atoms with Crippen LogP contribution in [0.1, 0.15) is 48.3 Å². The third kappa shape index (κ3) is 7.71. The standard InChI is InChI=1S/C23H32N2O2.2ClH/c26-22-11-10-20-19(16-21(20)23(22)27)17-25-14-7-2-1-6-13-24-15-12-18-8-4-3-5-9-18;;/h3-5,8-11,19,24-27H,1-2,6-7,12-17H2;2*1H. The molecule has 4 N–H and O–H groups in total. The second-order valence-electron chi connectivity index (χ2n) is 7.51. The van der Waals surface area contributed by atoms with Gasteiger partial charge in [-0.25, -0.2) is 0 Å². The van der Waals surface area contributed by atoms with Crippen LogP contribution in [0.25, 0.3) is 0 Å². The third-order valence-electron chi connectivity index (χ3n) is 5.47. The Morgan fingerprint density at radius 1 is 0.793 bits per heavy atom. The van der Waals surface area contributed by atoms with E-state index in [0.717, 1.165) is 44.6 Å². The Morgan fingerprint density at radius 2 is 1.48 bits per heavy atom. The minimum Gasteiger partial charge on any atom is -0.504 e. The van der Waals surface area contributed by atoms with Gasteiger partial charge in [0, 0.05) is 18.0 Å². The average Bonchev–Trinajstić information content (AvgIpc) is 2.67. The number of hydrogen-bond donors (Lipinski definition) is 4. The van der Waals surface area contributed by atoms with Gasteiger partial charge in [-0.1, -0.05) is 49.2 Å². The summed E-state index contributed by atoms with van der Waals surface area (Å²) < 4.78 is 0. The Labute approximate surface area is 186 Å². The maximum Gasteiger partial charge on any atom is 0.160 e. The Bertz CT molecular complexity index is 714. The number of hydrogen-bond acceptors (Lipinski definition) is 4. The van der Waals surface area contributed by atoms with Gasteiger partial charge in [0.2, 0.25) is 0 Å². The van der Waals surface area contributed by atoms with Crippen LogP contribution in [0.5, 0.6) is 11.5 Å². The van der Waals surface area contributed by atoms with E-state index in [4.69, 9.17) is 0 Å². The summed E-state index contributed by atoms with van der Waals surface area (Å²) in [7, 11) is 0. The van der Waals surface area contributed by atoms with E-state index in [1.54, 1.807) is 6.07 Å². The van der Waals surface area contributed by atoms with Crippen LogP contribution < -0.4 is 10.6 Å². The van der Waals surface area contributed by atoms with Gasteiger partial charge in [0.05, 0.1) is 0 Å². The van der Waals surface area contributed by atoms with Crippen molar-refractivity contribution in [1.29, 1.82) is 0 Å². The first-order valence-corrected chi connectivity index (χ1v) is 10.2. The third-order valence-corrected chi connectivity index (χ3v) is 5.47. The van der Waals surface area contributed by atoms with Crippen molar-refractivity contribution in [3.63, 3.8) is 0 Å². The van der Waals surface area contributed by atoms with Crippen LogP contribution in [0.2, 0.25) is 0 Å². The molecule has 2 aromatic carbocycles. The van der Waals surface area contributed by atoms with E-state index >= 15 is 0 Å². The molecule has 0 amide bonds. The molecule has 1 unspecified atom stereocenters. The number of benzene rings is 2. The highest BCUT2D eigenvalue weighted by molar-refractivity contribution is 5.85. The van der Waals surface area contributed by atoms with Gasteiger partial charge < -0.3 is 20.8 Å². The van der Waals surface area contributed by atoms with E-state index in [2.05, 4.69) is 41.0 Å². The van der Waals surface area contributed by atoms with Crippen molar-refractivity contribution in [2.75, 3.05) is 26.2 Å². The minimum absolute atomic E-state index is 0. The second-order valence-corrected chi connectivity index (χ2v) is 7.51. The Kier molecular flexibility index (Phi) is 12.1. The van der Waals surface area contributed by atoms with Gasteiger partial charge in [0.25, 0.3) is 0 Å². The van der Waals surface area contributed by atoms with Crippen LogP contribution in [0.3, 0.4) is 0 Å². The van der Waals surface area contributed by atoms with E-state index in [-0.39, 0.29) is 36.3 Å². The zero-order valence-electron chi connectivity index (χ0n) is 16.9. The molecule has 0 fully saturated rings. The maximum atomic E-state index is 9.78. The molecule has 0 saturated carbocycles. The SMILES string of the molecule is Cl.Cl.Oc1ccc2c(c1O)CC2CNCCCCCCNCCc1ccccc1. The number of halogens is 2. The summed E-state index contributed by atoms with van der Waals surface area (Å²) >= 11 is 0. The Hall–Kier alpha value is -1.46. The first-order chi connectivity index (χ1) is 13.3. The van der Waals surface area contributed by atoms with Crippen LogP contribution in [-0.4, -0.2) is 36.4 Å². The molecule has 162 valence electrons. The summed E-state index contributed by atoms with van der Waals surface area (Å²) in [4.78, 5) is 0. The van der Waals surface area contributed by atoms with Gasteiger partial charge in [-0.3, -0.25) is 0 Å². The quantitative estimate of drug-likeness (QED) is 0.288.